The lowest BCUT2D eigenvalue weighted by Gasteiger charge is -2.13. The van der Waals surface area contributed by atoms with E-state index < -0.39 is 30.3 Å². The number of hydrogen-bond donors (Lipinski definition) is 3. The van der Waals surface area contributed by atoms with E-state index in [0.717, 1.165) is 6.07 Å². The van der Waals surface area contributed by atoms with Crippen molar-refractivity contribution in [2.45, 2.75) is 33.1 Å². The molecule has 146 valence electrons. The number of ether oxygens (including phenoxy) is 1. The molecule has 2 amide bonds. The SMILES string of the molecule is CC(C)Cc1[nH]nc(C(N)=O)c1NC(=O)Cc1ccccc1OC(F)(F)F. The van der Waals surface area contributed by atoms with Gasteiger partial charge in [0.05, 0.1) is 17.8 Å². The average Bonchev–Trinajstić information content (AvgIpc) is 2.90. The van der Waals surface area contributed by atoms with Crippen LogP contribution >= 0.6 is 0 Å². The third kappa shape index (κ3) is 5.73. The molecule has 0 bridgehead atoms. The van der Waals surface area contributed by atoms with Crippen LogP contribution in [0.3, 0.4) is 0 Å². The van der Waals surface area contributed by atoms with Crippen LogP contribution in [0, 0.1) is 5.92 Å². The van der Waals surface area contributed by atoms with Crippen LogP contribution in [-0.4, -0.2) is 28.4 Å². The predicted molar refractivity (Wildman–Crippen MR) is 91.1 cm³/mol. The lowest BCUT2D eigenvalue weighted by atomic mass is 10.1. The van der Waals surface area contributed by atoms with Gasteiger partial charge >= 0.3 is 6.36 Å². The number of benzene rings is 1. The molecular weight excluding hydrogens is 365 g/mol. The number of para-hydroxylation sites is 1. The van der Waals surface area contributed by atoms with Crippen molar-refractivity contribution in [1.82, 2.24) is 10.2 Å². The molecule has 2 aromatic rings. The van der Waals surface area contributed by atoms with Crippen LogP contribution in [0.4, 0.5) is 18.9 Å². The summed E-state index contributed by atoms with van der Waals surface area (Å²) in [5.74, 6) is -1.74. The van der Waals surface area contributed by atoms with Crippen molar-refractivity contribution < 1.29 is 27.5 Å². The number of halogens is 3. The Bertz CT molecular complexity index is 831. The molecule has 2 rings (SSSR count). The predicted octanol–water partition coefficient (Wildman–Crippen LogP) is 2.79. The minimum Gasteiger partial charge on any atom is -0.405 e. The molecule has 0 unspecified atom stereocenters. The van der Waals surface area contributed by atoms with Crippen LogP contribution in [0.2, 0.25) is 0 Å². The minimum atomic E-state index is -4.87. The molecule has 27 heavy (non-hydrogen) atoms. The highest BCUT2D eigenvalue weighted by Gasteiger charge is 2.32. The molecule has 0 radical (unpaired) electrons. The summed E-state index contributed by atoms with van der Waals surface area (Å²) in [5, 5.41) is 8.98. The highest BCUT2D eigenvalue weighted by atomic mass is 19.4. The van der Waals surface area contributed by atoms with Gasteiger partial charge in [-0.15, -0.1) is 13.2 Å². The van der Waals surface area contributed by atoms with Crippen molar-refractivity contribution in [3.63, 3.8) is 0 Å². The molecule has 0 fully saturated rings. The molecule has 0 spiro atoms. The number of H-pyrrole nitrogens is 1. The van der Waals surface area contributed by atoms with Crippen molar-refractivity contribution in [2.24, 2.45) is 11.7 Å². The van der Waals surface area contributed by atoms with E-state index in [1.165, 1.54) is 18.2 Å². The Morgan fingerprint density at radius 1 is 1.30 bits per heavy atom. The quantitative estimate of drug-likeness (QED) is 0.682. The van der Waals surface area contributed by atoms with Gasteiger partial charge in [0.1, 0.15) is 5.75 Å². The van der Waals surface area contributed by atoms with Gasteiger partial charge in [0, 0.05) is 5.56 Å². The zero-order chi connectivity index (χ0) is 20.2. The topological polar surface area (TPSA) is 110 Å². The number of aromatic amines is 1. The lowest BCUT2D eigenvalue weighted by molar-refractivity contribution is -0.274. The van der Waals surface area contributed by atoms with Crippen LogP contribution < -0.4 is 15.8 Å². The number of rotatable bonds is 7. The summed E-state index contributed by atoms with van der Waals surface area (Å²) in [6.07, 6.45) is -4.78. The van der Waals surface area contributed by atoms with Crippen molar-refractivity contribution in [3.05, 3.63) is 41.2 Å². The molecule has 0 aliphatic rings. The molecule has 1 aromatic heterocycles. The fourth-order valence-corrected chi connectivity index (χ4v) is 2.48. The number of nitrogens with two attached hydrogens (primary N) is 1. The first-order chi connectivity index (χ1) is 12.6. The number of anilines is 1. The first-order valence-electron chi connectivity index (χ1n) is 8.07. The second kappa shape index (κ2) is 8.11. The third-order valence-corrected chi connectivity index (χ3v) is 3.50. The smallest absolute Gasteiger partial charge is 0.405 e. The zero-order valence-electron chi connectivity index (χ0n) is 14.7. The van der Waals surface area contributed by atoms with Gasteiger partial charge in [0.15, 0.2) is 5.69 Å². The van der Waals surface area contributed by atoms with Crippen molar-refractivity contribution in [2.75, 3.05) is 5.32 Å². The molecule has 1 heterocycles. The molecule has 0 aliphatic heterocycles. The van der Waals surface area contributed by atoms with Crippen molar-refractivity contribution in [3.8, 4) is 5.75 Å². The summed E-state index contributed by atoms with van der Waals surface area (Å²) in [7, 11) is 0. The number of primary amides is 1. The number of carbonyl (C=O) groups excluding carboxylic acids is 2. The van der Waals surface area contributed by atoms with E-state index in [4.69, 9.17) is 5.73 Å². The van der Waals surface area contributed by atoms with Crippen molar-refractivity contribution in [1.29, 1.82) is 0 Å². The molecule has 0 saturated carbocycles. The number of nitrogens with one attached hydrogen (secondary N) is 2. The van der Waals surface area contributed by atoms with E-state index in [1.807, 2.05) is 13.8 Å². The second-order valence-corrected chi connectivity index (χ2v) is 6.27. The number of nitrogens with zero attached hydrogens (tertiary/aromatic N) is 1. The Morgan fingerprint density at radius 2 is 1.96 bits per heavy atom. The molecule has 7 nitrogen and oxygen atoms in total. The van der Waals surface area contributed by atoms with Crippen molar-refractivity contribution >= 4 is 17.5 Å². The molecule has 0 atom stereocenters. The van der Waals surface area contributed by atoms with Crippen LogP contribution in [0.1, 0.15) is 35.6 Å². The maximum Gasteiger partial charge on any atom is 0.573 e. The summed E-state index contributed by atoms with van der Waals surface area (Å²) in [4.78, 5) is 23.9. The maximum absolute atomic E-state index is 12.5. The van der Waals surface area contributed by atoms with Crippen LogP contribution in [-0.2, 0) is 17.6 Å². The van der Waals surface area contributed by atoms with E-state index in [-0.39, 0.29) is 22.9 Å². The fourth-order valence-electron chi connectivity index (χ4n) is 2.48. The molecule has 0 saturated heterocycles. The minimum absolute atomic E-state index is 0.0434. The zero-order valence-corrected chi connectivity index (χ0v) is 14.7. The van der Waals surface area contributed by atoms with Gasteiger partial charge in [-0.05, 0) is 18.4 Å². The molecular formula is C17H19F3N4O3. The Balaban J connectivity index is 2.22. The van der Waals surface area contributed by atoms with Gasteiger partial charge in [-0.3, -0.25) is 14.7 Å². The van der Waals surface area contributed by atoms with E-state index in [0.29, 0.717) is 12.1 Å². The number of carbonyl (C=O) groups is 2. The second-order valence-electron chi connectivity index (χ2n) is 6.27. The lowest BCUT2D eigenvalue weighted by Crippen LogP contribution is -2.22. The summed E-state index contributed by atoms with van der Waals surface area (Å²) in [6, 6.07) is 5.32. The molecule has 0 aliphatic carbocycles. The first kappa shape index (κ1) is 20.3. The Labute approximate surface area is 153 Å². The normalized spacial score (nSPS) is 11.5. The van der Waals surface area contributed by atoms with E-state index >= 15 is 0 Å². The number of hydrogen-bond acceptors (Lipinski definition) is 4. The number of amides is 2. The summed E-state index contributed by atoms with van der Waals surface area (Å²) < 4.78 is 41.4. The fraction of sp³-hybridized carbons (Fsp3) is 0.353. The van der Waals surface area contributed by atoms with Gasteiger partial charge in [-0.25, -0.2) is 0 Å². The van der Waals surface area contributed by atoms with Crippen LogP contribution in [0.5, 0.6) is 5.75 Å². The number of alkyl halides is 3. The van der Waals surface area contributed by atoms with E-state index in [9.17, 15) is 22.8 Å². The largest absolute Gasteiger partial charge is 0.573 e. The van der Waals surface area contributed by atoms with E-state index in [2.05, 4.69) is 20.3 Å². The molecule has 4 N–H and O–H groups in total. The maximum atomic E-state index is 12.5. The third-order valence-electron chi connectivity index (χ3n) is 3.50. The summed E-state index contributed by atoms with van der Waals surface area (Å²) in [6.45, 7) is 3.86. The number of aromatic nitrogens is 2. The standard InChI is InChI=1S/C17H19F3N4O3/c1-9(2)7-11-14(15(16(21)26)24-23-11)22-13(25)8-10-5-3-4-6-12(10)27-17(18,19)20/h3-6,9H,7-8H2,1-2H3,(H2,21,26)(H,22,25)(H,23,24). The monoisotopic (exact) mass is 384 g/mol. The first-order valence-corrected chi connectivity index (χ1v) is 8.07. The van der Waals surface area contributed by atoms with Crippen LogP contribution in [0.25, 0.3) is 0 Å². The molecule has 1 aromatic carbocycles. The van der Waals surface area contributed by atoms with Gasteiger partial charge in [-0.1, -0.05) is 32.0 Å². The Kier molecular flexibility index (Phi) is 6.09. The highest BCUT2D eigenvalue weighted by Crippen LogP contribution is 2.27. The Hall–Kier alpha value is -3.04. The van der Waals surface area contributed by atoms with Gasteiger partial charge in [-0.2, -0.15) is 5.10 Å². The molecule has 10 heteroatoms. The van der Waals surface area contributed by atoms with E-state index in [1.54, 1.807) is 0 Å². The Morgan fingerprint density at radius 3 is 2.56 bits per heavy atom. The van der Waals surface area contributed by atoms with Crippen LogP contribution in [0.15, 0.2) is 24.3 Å². The van der Waals surface area contributed by atoms with Gasteiger partial charge in [0.25, 0.3) is 5.91 Å². The highest BCUT2D eigenvalue weighted by molar-refractivity contribution is 6.02. The summed E-state index contributed by atoms with van der Waals surface area (Å²) >= 11 is 0. The van der Waals surface area contributed by atoms with Gasteiger partial charge in [0.2, 0.25) is 5.91 Å². The summed E-state index contributed by atoms with van der Waals surface area (Å²) in [5.41, 5.74) is 5.81. The van der Waals surface area contributed by atoms with Gasteiger partial charge < -0.3 is 15.8 Å². The average molecular weight is 384 g/mol.